The van der Waals surface area contributed by atoms with Crippen LogP contribution in [0.15, 0.2) is 6.07 Å². The molecule has 2 N–H and O–H groups in total. The molecule has 0 radical (unpaired) electrons. The number of hydrogen-bond acceptors (Lipinski definition) is 4. The molecule has 0 aliphatic rings. The number of hydrazine groups is 1. The lowest BCUT2D eigenvalue weighted by Gasteiger charge is -2.11. The van der Waals surface area contributed by atoms with E-state index in [0.29, 0.717) is 5.95 Å². The Bertz CT molecular complexity index is 358. The lowest BCUT2D eigenvalue weighted by atomic mass is 10.1. The molecule has 0 aliphatic heterocycles. The zero-order chi connectivity index (χ0) is 12.1. The molecule has 0 fully saturated rings. The Hall–Kier alpha value is -1.65. The van der Waals surface area contributed by atoms with Crippen LogP contribution in [-0.2, 0) is 4.79 Å². The normalized spacial score (nSPS) is 12.0. The Morgan fingerprint density at radius 1 is 1.38 bits per heavy atom. The van der Waals surface area contributed by atoms with E-state index >= 15 is 0 Å². The van der Waals surface area contributed by atoms with Gasteiger partial charge in [0.15, 0.2) is 0 Å². The summed E-state index contributed by atoms with van der Waals surface area (Å²) in [6, 6.07) is 1.88. The molecule has 0 aromatic carbocycles. The number of aryl methyl sites for hydroxylation is 2. The van der Waals surface area contributed by atoms with Crippen LogP contribution >= 0.6 is 0 Å². The molecule has 88 valence electrons. The first-order valence-electron chi connectivity index (χ1n) is 5.41. The molecule has 1 aromatic rings. The van der Waals surface area contributed by atoms with Crippen LogP contribution in [0.3, 0.4) is 0 Å². The predicted octanol–water partition coefficient (Wildman–Crippen LogP) is 1.58. The molecule has 16 heavy (non-hydrogen) atoms. The SMILES string of the molecule is CC[C@@H](C)C(=O)NNc1nc(C)cc(C)n1. The van der Waals surface area contributed by atoms with E-state index in [9.17, 15) is 4.79 Å². The summed E-state index contributed by atoms with van der Waals surface area (Å²) < 4.78 is 0. The van der Waals surface area contributed by atoms with Crippen LogP contribution in [0.4, 0.5) is 5.95 Å². The molecular formula is C11H18N4O. The minimum atomic E-state index is -0.0507. The van der Waals surface area contributed by atoms with Gasteiger partial charge in [0.05, 0.1) is 0 Å². The van der Waals surface area contributed by atoms with Crippen LogP contribution in [0.25, 0.3) is 0 Å². The highest BCUT2D eigenvalue weighted by molar-refractivity contribution is 5.79. The van der Waals surface area contributed by atoms with E-state index in [2.05, 4.69) is 20.8 Å². The van der Waals surface area contributed by atoms with Crippen molar-refractivity contribution in [1.82, 2.24) is 15.4 Å². The summed E-state index contributed by atoms with van der Waals surface area (Å²) in [4.78, 5) is 19.8. The third-order valence-corrected chi connectivity index (χ3v) is 2.34. The Morgan fingerprint density at radius 3 is 2.44 bits per heavy atom. The average Bonchev–Trinajstić information content (AvgIpc) is 2.23. The molecule has 5 nitrogen and oxygen atoms in total. The number of amides is 1. The molecule has 1 heterocycles. The maximum absolute atomic E-state index is 11.5. The Morgan fingerprint density at radius 2 is 1.94 bits per heavy atom. The topological polar surface area (TPSA) is 66.9 Å². The highest BCUT2D eigenvalue weighted by atomic mass is 16.2. The molecule has 1 rings (SSSR count). The molecule has 0 aliphatic carbocycles. The van der Waals surface area contributed by atoms with Gasteiger partial charge in [-0.25, -0.2) is 9.97 Å². The van der Waals surface area contributed by atoms with Gasteiger partial charge in [-0.05, 0) is 26.3 Å². The van der Waals surface area contributed by atoms with Gasteiger partial charge >= 0.3 is 0 Å². The van der Waals surface area contributed by atoms with Crippen molar-refractivity contribution in [3.8, 4) is 0 Å². The standard InChI is InChI=1S/C11H18N4O/c1-5-7(2)10(16)14-15-11-12-8(3)6-9(4)13-11/h6-7H,5H2,1-4H3,(H,14,16)(H,12,13,15)/t7-/m1/s1. The molecular weight excluding hydrogens is 204 g/mol. The number of anilines is 1. The fourth-order valence-electron chi connectivity index (χ4n) is 1.21. The van der Waals surface area contributed by atoms with Crippen LogP contribution in [-0.4, -0.2) is 15.9 Å². The van der Waals surface area contributed by atoms with Crippen LogP contribution in [0.2, 0.25) is 0 Å². The first-order valence-corrected chi connectivity index (χ1v) is 5.41. The molecule has 0 spiro atoms. The second kappa shape index (κ2) is 5.44. The summed E-state index contributed by atoms with van der Waals surface area (Å²) in [5.41, 5.74) is 7.05. The maximum Gasteiger partial charge on any atom is 0.242 e. The van der Waals surface area contributed by atoms with Crippen molar-refractivity contribution >= 4 is 11.9 Å². The summed E-state index contributed by atoms with van der Waals surface area (Å²) in [6.45, 7) is 7.61. The van der Waals surface area contributed by atoms with E-state index in [1.165, 1.54) is 0 Å². The monoisotopic (exact) mass is 222 g/mol. The van der Waals surface area contributed by atoms with Crippen molar-refractivity contribution in [2.45, 2.75) is 34.1 Å². The summed E-state index contributed by atoms with van der Waals surface area (Å²) in [7, 11) is 0. The highest BCUT2D eigenvalue weighted by Gasteiger charge is 2.09. The largest absolute Gasteiger partial charge is 0.273 e. The molecule has 0 bridgehead atoms. The first kappa shape index (κ1) is 12.4. The predicted molar refractivity (Wildman–Crippen MR) is 62.7 cm³/mol. The summed E-state index contributed by atoms with van der Waals surface area (Å²) in [5.74, 6) is 0.359. The number of hydrogen-bond donors (Lipinski definition) is 2. The molecule has 1 aromatic heterocycles. The minimum Gasteiger partial charge on any atom is -0.273 e. The molecule has 0 saturated carbocycles. The number of rotatable bonds is 4. The highest BCUT2D eigenvalue weighted by Crippen LogP contribution is 2.03. The average molecular weight is 222 g/mol. The number of nitrogens with one attached hydrogen (secondary N) is 2. The summed E-state index contributed by atoms with van der Waals surface area (Å²) in [5, 5.41) is 0. The zero-order valence-corrected chi connectivity index (χ0v) is 10.2. The van der Waals surface area contributed by atoms with Gasteiger partial charge in [0.2, 0.25) is 11.9 Å². The van der Waals surface area contributed by atoms with Crippen LogP contribution < -0.4 is 10.9 Å². The van der Waals surface area contributed by atoms with Gasteiger partial charge in [-0.1, -0.05) is 13.8 Å². The smallest absolute Gasteiger partial charge is 0.242 e. The van der Waals surface area contributed by atoms with Crippen LogP contribution in [0.5, 0.6) is 0 Å². The van der Waals surface area contributed by atoms with Crippen molar-refractivity contribution in [1.29, 1.82) is 0 Å². The lowest BCUT2D eigenvalue weighted by molar-refractivity contribution is -0.124. The van der Waals surface area contributed by atoms with Crippen LogP contribution in [0.1, 0.15) is 31.7 Å². The van der Waals surface area contributed by atoms with Gasteiger partial charge in [-0.2, -0.15) is 0 Å². The van der Waals surface area contributed by atoms with Crippen molar-refractivity contribution < 1.29 is 4.79 Å². The number of carbonyl (C=O) groups is 1. The first-order chi connectivity index (χ1) is 7.52. The Balaban J connectivity index is 2.58. The van der Waals surface area contributed by atoms with E-state index in [1.54, 1.807) is 0 Å². The van der Waals surface area contributed by atoms with E-state index in [4.69, 9.17) is 0 Å². The number of nitrogens with zero attached hydrogens (tertiary/aromatic N) is 2. The van der Waals surface area contributed by atoms with Gasteiger partial charge in [0.25, 0.3) is 0 Å². The zero-order valence-electron chi connectivity index (χ0n) is 10.2. The fraction of sp³-hybridized carbons (Fsp3) is 0.545. The second-order valence-corrected chi connectivity index (χ2v) is 3.90. The summed E-state index contributed by atoms with van der Waals surface area (Å²) >= 11 is 0. The Labute approximate surface area is 95.7 Å². The van der Waals surface area contributed by atoms with Crippen molar-refractivity contribution in [2.24, 2.45) is 5.92 Å². The van der Waals surface area contributed by atoms with Gasteiger partial charge in [0.1, 0.15) is 0 Å². The number of aromatic nitrogens is 2. The third kappa shape index (κ3) is 3.49. The lowest BCUT2D eigenvalue weighted by Crippen LogP contribution is -2.34. The molecule has 1 atom stereocenters. The van der Waals surface area contributed by atoms with E-state index < -0.39 is 0 Å². The van der Waals surface area contributed by atoms with Gasteiger partial charge in [-0.15, -0.1) is 0 Å². The van der Waals surface area contributed by atoms with E-state index in [-0.39, 0.29) is 11.8 Å². The van der Waals surface area contributed by atoms with Gasteiger partial charge in [0, 0.05) is 17.3 Å². The quantitative estimate of drug-likeness (QED) is 0.759. The summed E-state index contributed by atoms with van der Waals surface area (Å²) in [6.07, 6.45) is 0.807. The minimum absolute atomic E-state index is 0.0154. The van der Waals surface area contributed by atoms with Crippen molar-refractivity contribution in [3.63, 3.8) is 0 Å². The molecule has 0 saturated heterocycles. The third-order valence-electron chi connectivity index (χ3n) is 2.34. The van der Waals surface area contributed by atoms with Gasteiger partial charge in [-0.3, -0.25) is 15.6 Å². The molecule has 5 heteroatoms. The molecule has 1 amide bonds. The Kier molecular flexibility index (Phi) is 4.22. The van der Waals surface area contributed by atoms with E-state index in [0.717, 1.165) is 17.8 Å². The van der Waals surface area contributed by atoms with E-state index in [1.807, 2.05) is 33.8 Å². The van der Waals surface area contributed by atoms with Crippen LogP contribution in [0, 0.1) is 19.8 Å². The fourth-order valence-corrected chi connectivity index (χ4v) is 1.21. The maximum atomic E-state index is 11.5. The van der Waals surface area contributed by atoms with Crippen molar-refractivity contribution in [3.05, 3.63) is 17.5 Å². The van der Waals surface area contributed by atoms with Gasteiger partial charge < -0.3 is 0 Å². The number of carbonyl (C=O) groups excluding carboxylic acids is 1. The second-order valence-electron chi connectivity index (χ2n) is 3.90. The molecule has 0 unspecified atom stereocenters. The van der Waals surface area contributed by atoms with Crippen molar-refractivity contribution in [2.75, 3.05) is 5.43 Å².